The van der Waals surface area contributed by atoms with Gasteiger partial charge in [-0.1, -0.05) is 6.07 Å². The van der Waals surface area contributed by atoms with Crippen molar-refractivity contribution < 1.29 is 8.81 Å². The van der Waals surface area contributed by atoms with Gasteiger partial charge >= 0.3 is 0 Å². The lowest BCUT2D eigenvalue weighted by molar-refractivity contribution is 0.569. The normalized spacial score (nSPS) is 11.4. The fourth-order valence-electron chi connectivity index (χ4n) is 3.85. The van der Waals surface area contributed by atoms with E-state index in [1.165, 1.54) is 18.5 Å². The first-order valence-corrected chi connectivity index (χ1v) is 10.4. The Bertz CT molecular complexity index is 1380. The molecule has 0 saturated carbocycles. The van der Waals surface area contributed by atoms with Gasteiger partial charge in [0.05, 0.1) is 28.8 Å². The van der Waals surface area contributed by atoms with E-state index in [1.54, 1.807) is 18.3 Å². The van der Waals surface area contributed by atoms with Crippen LogP contribution in [0.2, 0.25) is 0 Å². The number of nitrogens with one attached hydrogen (secondary N) is 1. The van der Waals surface area contributed by atoms with Crippen molar-refractivity contribution in [3.63, 3.8) is 0 Å². The molecule has 160 valence electrons. The van der Waals surface area contributed by atoms with Crippen molar-refractivity contribution in [3.8, 4) is 22.8 Å². The van der Waals surface area contributed by atoms with Gasteiger partial charge in [-0.2, -0.15) is 0 Å². The molecule has 3 aromatic heterocycles. The summed E-state index contributed by atoms with van der Waals surface area (Å²) in [5, 5.41) is 3.43. The molecule has 0 amide bonds. The molecule has 0 spiro atoms. The molecule has 32 heavy (non-hydrogen) atoms. The van der Waals surface area contributed by atoms with E-state index in [9.17, 15) is 4.39 Å². The van der Waals surface area contributed by atoms with Crippen LogP contribution in [0.4, 0.5) is 15.8 Å². The van der Waals surface area contributed by atoms with Gasteiger partial charge in [0.1, 0.15) is 22.9 Å². The second-order valence-corrected chi connectivity index (χ2v) is 7.90. The lowest BCUT2D eigenvalue weighted by Crippen LogP contribution is -2.03. The Labute approximate surface area is 184 Å². The van der Waals surface area contributed by atoms with Gasteiger partial charge in [0.25, 0.3) is 0 Å². The first-order valence-electron chi connectivity index (χ1n) is 10.4. The second-order valence-electron chi connectivity index (χ2n) is 7.90. The highest BCUT2D eigenvalue weighted by Gasteiger charge is 2.17. The van der Waals surface area contributed by atoms with E-state index in [-0.39, 0.29) is 11.9 Å². The zero-order chi connectivity index (χ0) is 22.2. The number of aromatic nitrogens is 4. The Kier molecular flexibility index (Phi) is 4.93. The molecule has 7 heteroatoms. The molecule has 6 nitrogen and oxygen atoms in total. The number of oxazole rings is 1. The third-order valence-electron chi connectivity index (χ3n) is 5.36. The number of anilines is 2. The Morgan fingerprint density at radius 1 is 1.00 bits per heavy atom. The number of pyridine rings is 1. The number of halogens is 1. The number of rotatable bonds is 5. The minimum absolute atomic E-state index is 0.182. The Morgan fingerprint density at radius 2 is 1.81 bits per heavy atom. The molecule has 0 bridgehead atoms. The van der Waals surface area contributed by atoms with Gasteiger partial charge in [-0.05, 0) is 69.3 Å². The van der Waals surface area contributed by atoms with Gasteiger partial charge in [0.15, 0.2) is 12.2 Å². The number of benzene rings is 2. The van der Waals surface area contributed by atoms with Crippen molar-refractivity contribution in [3.05, 3.63) is 78.7 Å². The summed E-state index contributed by atoms with van der Waals surface area (Å²) in [4.78, 5) is 13.6. The monoisotopic (exact) mass is 427 g/mol. The molecule has 5 aromatic rings. The molecular weight excluding hydrogens is 405 g/mol. The first kappa shape index (κ1) is 19.9. The maximum Gasteiger partial charge on any atom is 0.181 e. The fourth-order valence-corrected chi connectivity index (χ4v) is 3.85. The third kappa shape index (κ3) is 3.51. The van der Waals surface area contributed by atoms with Gasteiger partial charge in [-0.25, -0.2) is 14.4 Å². The number of para-hydroxylation sites is 1. The van der Waals surface area contributed by atoms with Gasteiger partial charge in [0.2, 0.25) is 0 Å². The summed E-state index contributed by atoms with van der Waals surface area (Å²) in [7, 11) is 0. The summed E-state index contributed by atoms with van der Waals surface area (Å²) in [5.41, 5.74) is 5.95. The zero-order valence-electron chi connectivity index (χ0n) is 18.0. The minimum Gasteiger partial charge on any atom is -0.442 e. The maximum atomic E-state index is 13.5. The summed E-state index contributed by atoms with van der Waals surface area (Å²) in [6.45, 7) is 6.11. The molecule has 0 aliphatic rings. The van der Waals surface area contributed by atoms with Crippen molar-refractivity contribution in [2.75, 3.05) is 5.32 Å². The van der Waals surface area contributed by atoms with Crippen LogP contribution in [0.25, 0.3) is 33.9 Å². The molecule has 0 aliphatic heterocycles. The van der Waals surface area contributed by atoms with Crippen LogP contribution in [0.1, 0.15) is 25.6 Å². The lowest BCUT2D eigenvalue weighted by atomic mass is 10.2. The van der Waals surface area contributed by atoms with Gasteiger partial charge < -0.3 is 14.3 Å². The van der Waals surface area contributed by atoms with Crippen LogP contribution in [0.15, 0.2) is 71.6 Å². The van der Waals surface area contributed by atoms with Crippen LogP contribution in [-0.2, 0) is 0 Å². The van der Waals surface area contributed by atoms with Crippen molar-refractivity contribution in [2.45, 2.75) is 26.8 Å². The van der Waals surface area contributed by atoms with Crippen molar-refractivity contribution in [2.24, 2.45) is 0 Å². The summed E-state index contributed by atoms with van der Waals surface area (Å²) >= 11 is 0. The molecule has 3 heterocycles. The number of aryl methyl sites for hydroxylation is 1. The molecular formula is C25H22FN5O. The topological polar surface area (TPSA) is 68.8 Å². The third-order valence-corrected chi connectivity index (χ3v) is 5.36. The number of nitrogens with zero attached hydrogens (tertiary/aromatic N) is 4. The van der Waals surface area contributed by atoms with E-state index in [2.05, 4.69) is 39.8 Å². The average molecular weight is 427 g/mol. The first-order chi connectivity index (χ1) is 15.5. The predicted molar refractivity (Wildman–Crippen MR) is 123 cm³/mol. The Balaban J connectivity index is 1.54. The minimum atomic E-state index is -0.264. The molecule has 0 unspecified atom stereocenters. The fraction of sp³-hybridized carbons (Fsp3) is 0.160. The Hall–Kier alpha value is -4.00. The summed E-state index contributed by atoms with van der Waals surface area (Å²) in [6, 6.07) is 16.5. The summed E-state index contributed by atoms with van der Waals surface area (Å²) in [6.07, 6.45) is 3.18. The highest BCUT2D eigenvalue weighted by Crippen LogP contribution is 2.33. The van der Waals surface area contributed by atoms with Gasteiger partial charge in [-0.3, -0.25) is 4.98 Å². The highest BCUT2D eigenvalue weighted by molar-refractivity contribution is 5.93. The van der Waals surface area contributed by atoms with Crippen LogP contribution >= 0.6 is 0 Å². The predicted octanol–water partition coefficient (Wildman–Crippen LogP) is 6.53. The van der Waals surface area contributed by atoms with Crippen molar-refractivity contribution in [1.82, 2.24) is 19.5 Å². The van der Waals surface area contributed by atoms with Crippen LogP contribution in [0, 0.1) is 12.7 Å². The Morgan fingerprint density at radius 3 is 2.47 bits per heavy atom. The molecule has 0 saturated heterocycles. The van der Waals surface area contributed by atoms with Crippen LogP contribution < -0.4 is 5.32 Å². The van der Waals surface area contributed by atoms with E-state index in [1.807, 2.05) is 31.2 Å². The van der Waals surface area contributed by atoms with Crippen molar-refractivity contribution in [1.29, 1.82) is 0 Å². The number of fused-ring (bicyclic) bond motifs is 1. The zero-order valence-corrected chi connectivity index (χ0v) is 18.0. The smallest absolute Gasteiger partial charge is 0.181 e. The van der Waals surface area contributed by atoms with Crippen LogP contribution in [0.5, 0.6) is 0 Å². The van der Waals surface area contributed by atoms with E-state index in [0.717, 1.165) is 45.2 Å². The van der Waals surface area contributed by atoms with E-state index < -0.39 is 0 Å². The molecule has 2 aromatic carbocycles. The maximum absolute atomic E-state index is 13.5. The number of imidazole rings is 1. The molecule has 5 rings (SSSR count). The summed E-state index contributed by atoms with van der Waals surface area (Å²) < 4.78 is 21.1. The van der Waals surface area contributed by atoms with Crippen LogP contribution in [0.3, 0.4) is 0 Å². The molecule has 0 radical (unpaired) electrons. The highest BCUT2D eigenvalue weighted by atomic mass is 19.1. The molecule has 0 fully saturated rings. The van der Waals surface area contributed by atoms with Gasteiger partial charge in [-0.15, -0.1) is 0 Å². The molecule has 1 N–H and O–H groups in total. The molecule has 0 atom stereocenters. The molecule has 0 aliphatic carbocycles. The quantitative estimate of drug-likeness (QED) is 0.346. The van der Waals surface area contributed by atoms with Gasteiger partial charge in [0, 0.05) is 11.6 Å². The average Bonchev–Trinajstić information content (AvgIpc) is 3.39. The lowest BCUT2D eigenvalue weighted by Gasteiger charge is -2.13. The largest absolute Gasteiger partial charge is 0.442 e. The summed E-state index contributed by atoms with van der Waals surface area (Å²) in [5.74, 6) is 1.21. The SMILES string of the molecule is Cc1ncoc1-c1ccc(Nc2cccc3c2nc(-c2ccc(F)cc2)n3C(C)C)cn1. The number of hydrogen-bond acceptors (Lipinski definition) is 5. The standard InChI is InChI=1S/C25H22FN5O/c1-15(2)31-22-6-4-5-20(23(22)30-25(31)17-7-9-18(26)10-8-17)29-19-11-12-21(27-13-19)24-16(3)28-14-32-24/h4-15,29H,1-3H3. The van der Waals surface area contributed by atoms with E-state index in [0.29, 0.717) is 5.76 Å². The van der Waals surface area contributed by atoms with Crippen molar-refractivity contribution >= 4 is 22.4 Å². The van der Waals surface area contributed by atoms with E-state index >= 15 is 0 Å². The van der Waals surface area contributed by atoms with Crippen LogP contribution in [-0.4, -0.2) is 19.5 Å². The number of hydrogen-bond donors (Lipinski definition) is 1. The van der Waals surface area contributed by atoms with E-state index in [4.69, 9.17) is 9.40 Å². The second kappa shape index (κ2) is 7.92.